The first kappa shape index (κ1) is 14.7. The summed E-state index contributed by atoms with van der Waals surface area (Å²) in [5, 5.41) is 9.11. The van der Waals surface area contributed by atoms with Crippen LogP contribution in [0.4, 0.5) is 11.9 Å². The number of nitrogens with zero attached hydrogens (tertiary/aromatic N) is 5. The monoisotopic (exact) mass is 291 g/mol. The lowest BCUT2D eigenvalue weighted by molar-refractivity contribution is 0.417. The van der Waals surface area contributed by atoms with E-state index in [4.69, 9.17) is 4.74 Å². The Morgan fingerprint density at radius 3 is 2.57 bits per heavy atom. The molecule has 0 aromatic carbocycles. The molecule has 2 aromatic rings. The molecule has 0 aliphatic rings. The largest absolute Gasteiger partial charge is 0.403 e. The van der Waals surface area contributed by atoms with E-state index in [-0.39, 0.29) is 23.5 Å². The van der Waals surface area contributed by atoms with Crippen LogP contribution in [-0.4, -0.2) is 45.3 Å². The van der Waals surface area contributed by atoms with Crippen molar-refractivity contribution in [2.45, 2.75) is 19.9 Å². The number of hydrogen-bond donors (Lipinski definition) is 2. The smallest absolute Gasteiger partial charge is 0.330 e. The highest BCUT2D eigenvalue weighted by atomic mass is 16.5. The molecule has 2 heterocycles. The second kappa shape index (κ2) is 6.16. The Bertz CT molecular complexity index is 648. The second-order valence-electron chi connectivity index (χ2n) is 4.80. The lowest BCUT2D eigenvalue weighted by Gasteiger charge is -2.14. The summed E-state index contributed by atoms with van der Waals surface area (Å²) >= 11 is 0. The average molecular weight is 291 g/mol. The van der Waals surface area contributed by atoms with E-state index in [1.54, 1.807) is 4.90 Å². The second-order valence-corrected chi connectivity index (χ2v) is 4.80. The molecule has 112 valence electrons. The van der Waals surface area contributed by atoms with Gasteiger partial charge in [0, 0.05) is 32.3 Å². The quantitative estimate of drug-likeness (QED) is 0.825. The molecule has 9 heteroatoms. The molecule has 2 N–H and O–H groups in total. The SMILES string of the molecule is CC(C)Nc1nc(Oc2ccc(=O)[nH]n2)nc(N(C)C)n1. The van der Waals surface area contributed by atoms with Gasteiger partial charge < -0.3 is 15.0 Å². The van der Waals surface area contributed by atoms with Crippen LogP contribution in [0.15, 0.2) is 16.9 Å². The number of aromatic nitrogens is 5. The summed E-state index contributed by atoms with van der Waals surface area (Å²) in [6, 6.07) is 3.01. The summed E-state index contributed by atoms with van der Waals surface area (Å²) < 4.78 is 5.44. The van der Waals surface area contributed by atoms with Crippen molar-refractivity contribution in [3.05, 3.63) is 22.5 Å². The Morgan fingerprint density at radius 2 is 2.00 bits per heavy atom. The predicted molar refractivity (Wildman–Crippen MR) is 77.8 cm³/mol. The molecule has 21 heavy (non-hydrogen) atoms. The zero-order valence-corrected chi connectivity index (χ0v) is 12.3. The van der Waals surface area contributed by atoms with Crippen molar-refractivity contribution in [1.29, 1.82) is 0 Å². The summed E-state index contributed by atoms with van der Waals surface area (Å²) in [6.07, 6.45) is 0. The fourth-order valence-electron chi connectivity index (χ4n) is 1.40. The highest BCUT2D eigenvalue weighted by Crippen LogP contribution is 2.18. The third-order valence-corrected chi connectivity index (χ3v) is 2.27. The van der Waals surface area contributed by atoms with Gasteiger partial charge in [-0.2, -0.15) is 15.0 Å². The maximum Gasteiger partial charge on any atom is 0.330 e. The number of rotatable bonds is 5. The maximum atomic E-state index is 11.0. The Hall–Kier alpha value is -2.71. The van der Waals surface area contributed by atoms with Gasteiger partial charge in [0.1, 0.15) is 0 Å². The van der Waals surface area contributed by atoms with Crippen LogP contribution in [0, 0.1) is 0 Å². The molecular weight excluding hydrogens is 274 g/mol. The molecule has 0 unspecified atom stereocenters. The standard InChI is InChI=1S/C12H17N7O2/c1-7(2)13-10-14-11(19(3)4)16-12(15-10)21-9-6-5-8(20)17-18-9/h5-7H,1-4H3,(H,17,20)(H,13,14,15,16). The van der Waals surface area contributed by atoms with E-state index in [2.05, 4.69) is 30.5 Å². The van der Waals surface area contributed by atoms with Crippen LogP contribution < -0.4 is 20.5 Å². The number of anilines is 2. The molecule has 0 atom stereocenters. The molecule has 0 saturated heterocycles. The van der Waals surface area contributed by atoms with Gasteiger partial charge in [0.15, 0.2) is 0 Å². The van der Waals surface area contributed by atoms with E-state index >= 15 is 0 Å². The zero-order valence-electron chi connectivity index (χ0n) is 12.3. The van der Waals surface area contributed by atoms with Gasteiger partial charge in [0.25, 0.3) is 5.56 Å². The third-order valence-electron chi connectivity index (χ3n) is 2.27. The molecule has 9 nitrogen and oxygen atoms in total. The van der Waals surface area contributed by atoms with Gasteiger partial charge in [-0.15, -0.1) is 5.10 Å². The average Bonchev–Trinajstić information content (AvgIpc) is 2.40. The summed E-state index contributed by atoms with van der Waals surface area (Å²) in [5.41, 5.74) is -0.311. The molecular formula is C12H17N7O2. The van der Waals surface area contributed by atoms with Crippen LogP contribution in [0.1, 0.15) is 13.8 Å². The van der Waals surface area contributed by atoms with Crippen molar-refractivity contribution in [1.82, 2.24) is 25.1 Å². The summed E-state index contributed by atoms with van der Waals surface area (Å²) in [5.74, 6) is 1.05. The van der Waals surface area contributed by atoms with E-state index in [1.165, 1.54) is 12.1 Å². The first-order valence-corrected chi connectivity index (χ1v) is 6.37. The lowest BCUT2D eigenvalue weighted by Crippen LogP contribution is -2.18. The minimum atomic E-state index is -0.311. The van der Waals surface area contributed by atoms with Crippen molar-refractivity contribution in [3.63, 3.8) is 0 Å². The lowest BCUT2D eigenvalue weighted by atomic mass is 10.4. The van der Waals surface area contributed by atoms with Crippen LogP contribution in [0.2, 0.25) is 0 Å². The van der Waals surface area contributed by atoms with Crippen molar-refractivity contribution >= 4 is 11.9 Å². The van der Waals surface area contributed by atoms with E-state index < -0.39 is 0 Å². The molecule has 0 aliphatic carbocycles. The topological polar surface area (TPSA) is 109 Å². The summed E-state index contributed by atoms with van der Waals surface area (Å²) in [4.78, 5) is 25.3. The van der Waals surface area contributed by atoms with Crippen molar-refractivity contribution in [3.8, 4) is 11.9 Å². The normalized spacial score (nSPS) is 10.5. The number of aromatic amines is 1. The predicted octanol–water partition coefficient (Wildman–Crippen LogP) is 0.633. The van der Waals surface area contributed by atoms with E-state index in [1.807, 2.05) is 27.9 Å². The summed E-state index contributed by atoms with van der Waals surface area (Å²) in [7, 11) is 3.63. The molecule has 2 rings (SSSR count). The molecule has 0 radical (unpaired) electrons. The van der Waals surface area contributed by atoms with Gasteiger partial charge in [-0.3, -0.25) is 4.79 Å². The molecule has 0 bridgehead atoms. The van der Waals surface area contributed by atoms with Gasteiger partial charge in [0.2, 0.25) is 17.8 Å². The third kappa shape index (κ3) is 4.13. The van der Waals surface area contributed by atoms with Crippen LogP contribution in [0.5, 0.6) is 11.9 Å². The highest BCUT2D eigenvalue weighted by molar-refractivity contribution is 5.38. The van der Waals surface area contributed by atoms with Gasteiger partial charge >= 0.3 is 6.01 Å². The number of nitrogens with one attached hydrogen (secondary N) is 2. The van der Waals surface area contributed by atoms with Crippen molar-refractivity contribution < 1.29 is 4.74 Å². The van der Waals surface area contributed by atoms with Gasteiger partial charge in [-0.25, -0.2) is 5.10 Å². The fraction of sp³-hybridized carbons (Fsp3) is 0.417. The van der Waals surface area contributed by atoms with Gasteiger partial charge in [-0.1, -0.05) is 0 Å². The molecule has 0 amide bonds. The Kier molecular flexibility index (Phi) is 4.31. The molecule has 0 spiro atoms. The van der Waals surface area contributed by atoms with Crippen LogP contribution in [-0.2, 0) is 0 Å². The van der Waals surface area contributed by atoms with E-state index in [9.17, 15) is 4.79 Å². The first-order valence-electron chi connectivity index (χ1n) is 6.37. The van der Waals surface area contributed by atoms with Gasteiger partial charge in [0.05, 0.1) is 0 Å². The van der Waals surface area contributed by atoms with Crippen LogP contribution >= 0.6 is 0 Å². The summed E-state index contributed by atoms with van der Waals surface area (Å²) in [6.45, 7) is 3.95. The van der Waals surface area contributed by atoms with Crippen molar-refractivity contribution in [2.75, 3.05) is 24.3 Å². The van der Waals surface area contributed by atoms with Crippen LogP contribution in [0.25, 0.3) is 0 Å². The minimum absolute atomic E-state index is 0.0939. The van der Waals surface area contributed by atoms with Crippen LogP contribution in [0.3, 0.4) is 0 Å². The fourth-order valence-corrected chi connectivity index (χ4v) is 1.40. The Labute approximate surface area is 121 Å². The Morgan fingerprint density at radius 1 is 1.24 bits per heavy atom. The van der Waals surface area contributed by atoms with E-state index in [0.29, 0.717) is 11.9 Å². The van der Waals surface area contributed by atoms with E-state index in [0.717, 1.165) is 0 Å². The minimum Gasteiger partial charge on any atom is -0.403 e. The molecule has 0 aliphatic heterocycles. The first-order chi connectivity index (χ1) is 9.94. The molecule has 2 aromatic heterocycles. The number of ether oxygens (including phenoxy) is 1. The number of H-pyrrole nitrogens is 1. The zero-order chi connectivity index (χ0) is 15.4. The molecule has 0 saturated carbocycles. The highest BCUT2D eigenvalue weighted by Gasteiger charge is 2.11. The van der Waals surface area contributed by atoms with Gasteiger partial charge in [-0.05, 0) is 13.8 Å². The van der Waals surface area contributed by atoms with Crippen molar-refractivity contribution in [2.24, 2.45) is 0 Å². The number of hydrogen-bond acceptors (Lipinski definition) is 8. The Balaban J connectivity index is 2.30. The molecule has 0 fully saturated rings. The maximum absolute atomic E-state index is 11.0.